The Hall–Kier alpha value is -1.73. The number of aryl methyl sites for hydroxylation is 1. The Balaban J connectivity index is 2.02. The van der Waals surface area contributed by atoms with E-state index in [4.69, 9.17) is 0 Å². The van der Waals surface area contributed by atoms with Crippen LogP contribution in [0.25, 0.3) is 0 Å². The van der Waals surface area contributed by atoms with Gasteiger partial charge in [0.1, 0.15) is 0 Å². The van der Waals surface area contributed by atoms with Crippen molar-refractivity contribution in [2.24, 2.45) is 7.05 Å². The second-order valence-electron chi connectivity index (χ2n) is 4.06. The second-order valence-corrected chi connectivity index (χ2v) is 4.85. The highest BCUT2D eigenvalue weighted by Gasteiger charge is 2.14. The summed E-state index contributed by atoms with van der Waals surface area (Å²) in [4.78, 5) is 10.4. The number of rotatable bonds is 5. The van der Waals surface area contributed by atoms with E-state index < -0.39 is 4.92 Å². The summed E-state index contributed by atoms with van der Waals surface area (Å²) < 4.78 is 2.31. The lowest BCUT2D eigenvalue weighted by molar-refractivity contribution is -0.385. The maximum absolute atomic E-state index is 10.8. The molecule has 0 fully saturated rings. The molecule has 0 aliphatic heterocycles. The summed E-state index contributed by atoms with van der Waals surface area (Å²) in [5, 5.41) is 18.1. The summed E-state index contributed by atoms with van der Waals surface area (Å²) in [5.74, 6) is 0. The first kappa shape index (κ1) is 13.7. The van der Waals surface area contributed by atoms with E-state index >= 15 is 0 Å². The molecule has 0 bridgehead atoms. The number of nitrogens with zero attached hydrogens (tertiary/aromatic N) is 3. The van der Waals surface area contributed by atoms with Gasteiger partial charge in [-0.25, -0.2) is 0 Å². The molecule has 1 heterocycles. The largest absolute Gasteiger partial charge is 0.307 e. The zero-order chi connectivity index (χ0) is 13.8. The van der Waals surface area contributed by atoms with Gasteiger partial charge in [0.15, 0.2) is 0 Å². The zero-order valence-electron chi connectivity index (χ0n) is 10.3. The number of halogens is 1. The summed E-state index contributed by atoms with van der Waals surface area (Å²) >= 11 is 3.28. The number of aromatic nitrogens is 2. The van der Waals surface area contributed by atoms with Crippen molar-refractivity contribution in [1.82, 2.24) is 15.1 Å². The van der Waals surface area contributed by atoms with Crippen LogP contribution in [0.3, 0.4) is 0 Å². The van der Waals surface area contributed by atoms with E-state index in [2.05, 4.69) is 26.3 Å². The Bertz CT molecular complexity index is 597. The van der Waals surface area contributed by atoms with Crippen LogP contribution in [-0.2, 0) is 20.1 Å². The summed E-state index contributed by atoms with van der Waals surface area (Å²) in [6, 6.07) is 6.95. The van der Waals surface area contributed by atoms with Gasteiger partial charge in [-0.05, 0) is 27.6 Å². The van der Waals surface area contributed by atoms with Crippen molar-refractivity contribution in [1.29, 1.82) is 0 Å². The average molecular weight is 325 g/mol. The van der Waals surface area contributed by atoms with Crippen LogP contribution in [0.1, 0.15) is 11.3 Å². The molecule has 0 saturated heterocycles. The molecule has 0 amide bonds. The van der Waals surface area contributed by atoms with Crippen LogP contribution < -0.4 is 5.32 Å². The van der Waals surface area contributed by atoms with E-state index in [1.165, 1.54) is 6.07 Å². The Kier molecular flexibility index (Phi) is 4.28. The van der Waals surface area contributed by atoms with Crippen molar-refractivity contribution >= 4 is 21.6 Å². The minimum absolute atomic E-state index is 0.0832. The molecule has 1 N–H and O–H groups in total. The standard InChI is InChI=1S/C12H13BrN4O2/c1-16-10(5-6-15-16)8-14-7-9-3-2-4-11(12(9)13)17(18)19/h2-6,14H,7-8H2,1H3. The molecule has 0 spiro atoms. The highest BCUT2D eigenvalue weighted by molar-refractivity contribution is 9.10. The molecule has 0 unspecified atom stereocenters. The highest BCUT2D eigenvalue weighted by atomic mass is 79.9. The summed E-state index contributed by atoms with van der Waals surface area (Å²) in [6.07, 6.45) is 1.74. The smallest absolute Gasteiger partial charge is 0.283 e. The molecule has 0 aliphatic rings. The van der Waals surface area contributed by atoms with Crippen LogP contribution in [0, 0.1) is 10.1 Å². The van der Waals surface area contributed by atoms with Crippen LogP contribution in [0.4, 0.5) is 5.69 Å². The maximum Gasteiger partial charge on any atom is 0.283 e. The third-order valence-corrected chi connectivity index (χ3v) is 3.71. The fourth-order valence-corrected chi connectivity index (χ4v) is 2.29. The van der Waals surface area contributed by atoms with Crippen LogP contribution in [-0.4, -0.2) is 14.7 Å². The van der Waals surface area contributed by atoms with Crippen LogP contribution in [0.2, 0.25) is 0 Å². The zero-order valence-corrected chi connectivity index (χ0v) is 11.9. The molecule has 19 heavy (non-hydrogen) atoms. The number of benzene rings is 1. The molecular formula is C12H13BrN4O2. The summed E-state index contributed by atoms with van der Waals surface area (Å²) in [6.45, 7) is 1.21. The Morgan fingerprint density at radius 1 is 1.42 bits per heavy atom. The normalized spacial score (nSPS) is 10.6. The van der Waals surface area contributed by atoms with E-state index in [1.54, 1.807) is 16.9 Å². The van der Waals surface area contributed by atoms with Gasteiger partial charge in [-0.3, -0.25) is 14.8 Å². The van der Waals surface area contributed by atoms with Crippen LogP contribution in [0.5, 0.6) is 0 Å². The molecule has 0 radical (unpaired) electrons. The lowest BCUT2D eigenvalue weighted by Crippen LogP contribution is -2.15. The minimum atomic E-state index is -0.394. The van der Waals surface area contributed by atoms with Gasteiger partial charge in [0.25, 0.3) is 5.69 Å². The molecular weight excluding hydrogens is 312 g/mol. The van der Waals surface area contributed by atoms with Crippen molar-refractivity contribution in [2.75, 3.05) is 0 Å². The Morgan fingerprint density at radius 2 is 2.21 bits per heavy atom. The van der Waals surface area contributed by atoms with Crippen molar-refractivity contribution in [3.8, 4) is 0 Å². The molecule has 100 valence electrons. The third kappa shape index (κ3) is 3.18. The molecule has 6 nitrogen and oxygen atoms in total. The predicted molar refractivity (Wildman–Crippen MR) is 74.5 cm³/mol. The Morgan fingerprint density at radius 3 is 2.84 bits per heavy atom. The van der Waals surface area contributed by atoms with Crippen molar-refractivity contribution < 1.29 is 4.92 Å². The number of nitro groups is 1. The summed E-state index contributed by atoms with van der Waals surface area (Å²) in [7, 11) is 1.88. The fraction of sp³-hybridized carbons (Fsp3) is 0.250. The van der Waals surface area contributed by atoms with Crippen molar-refractivity contribution in [3.05, 3.63) is 56.3 Å². The first-order valence-corrected chi connectivity index (χ1v) is 6.48. The monoisotopic (exact) mass is 324 g/mol. The Labute approximate surface area is 118 Å². The van der Waals surface area contributed by atoms with Gasteiger partial charge in [-0.1, -0.05) is 12.1 Å². The third-order valence-electron chi connectivity index (χ3n) is 2.80. The van der Waals surface area contributed by atoms with Gasteiger partial charge >= 0.3 is 0 Å². The van der Waals surface area contributed by atoms with E-state index in [-0.39, 0.29) is 5.69 Å². The lowest BCUT2D eigenvalue weighted by atomic mass is 10.2. The minimum Gasteiger partial charge on any atom is -0.307 e. The first-order valence-electron chi connectivity index (χ1n) is 5.69. The van der Waals surface area contributed by atoms with Gasteiger partial charge < -0.3 is 5.32 Å². The average Bonchev–Trinajstić information content (AvgIpc) is 2.77. The van der Waals surface area contributed by atoms with Gasteiger partial charge in [0.05, 0.1) is 15.1 Å². The second kappa shape index (κ2) is 5.94. The SMILES string of the molecule is Cn1nccc1CNCc1cccc([N+](=O)[O-])c1Br. The molecule has 7 heteroatoms. The molecule has 0 aliphatic carbocycles. The molecule has 2 aromatic rings. The molecule has 0 saturated carbocycles. The van der Waals surface area contributed by atoms with Crippen molar-refractivity contribution in [2.45, 2.75) is 13.1 Å². The first-order chi connectivity index (χ1) is 9.09. The van der Waals surface area contributed by atoms with Crippen LogP contribution >= 0.6 is 15.9 Å². The fourth-order valence-electron chi connectivity index (χ4n) is 1.74. The maximum atomic E-state index is 10.8. The lowest BCUT2D eigenvalue weighted by Gasteiger charge is -2.07. The molecule has 1 aromatic carbocycles. The van der Waals surface area contributed by atoms with Gasteiger partial charge in [-0.2, -0.15) is 5.10 Å². The number of nitro benzene ring substituents is 1. The quantitative estimate of drug-likeness (QED) is 0.677. The molecule has 0 atom stereocenters. The predicted octanol–water partition coefficient (Wildman–Crippen LogP) is 2.38. The van der Waals surface area contributed by atoms with Gasteiger partial charge in [0, 0.05) is 32.4 Å². The number of nitrogens with one attached hydrogen (secondary N) is 1. The van der Waals surface area contributed by atoms with Gasteiger partial charge in [0.2, 0.25) is 0 Å². The molecule has 2 rings (SSSR count). The number of hydrogen-bond acceptors (Lipinski definition) is 4. The topological polar surface area (TPSA) is 73.0 Å². The molecule has 1 aromatic heterocycles. The van der Waals surface area contributed by atoms with E-state index in [9.17, 15) is 10.1 Å². The van der Waals surface area contributed by atoms with Gasteiger partial charge in [-0.15, -0.1) is 0 Å². The van der Waals surface area contributed by atoms with Crippen molar-refractivity contribution in [3.63, 3.8) is 0 Å². The van der Waals surface area contributed by atoms with E-state index in [0.29, 0.717) is 17.6 Å². The number of hydrogen-bond donors (Lipinski definition) is 1. The van der Waals surface area contributed by atoms with E-state index in [1.807, 2.05) is 19.2 Å². The highest BCUT2D eigenvalue weighted by Crippen LogP contribution is 2.28. The summed E-state index contributed by atoms with van der Waals surface area (Å²) in [5.41, 5.74) is 2.00. The van der Waals surface area contributed by atoms with E-state index in [0.717, 1.165) is 11.3 Å². The van der Waals surface area contributed by atoms with Crippen LogP contribution in [0.15, 0.2) is 34.9 Å².